The zero-order chi connectivity index (χ0) is 8.97. The Kier molecular flexibility index (Phi) is 3.32. The van der Waals surface area contributed by atoms with E-state index in [-0.39, 0.29) is 19.1 Å². The van der Waals surface area contributed by atoms with Crippen LogP contribution in [-0.4, -0.2) is 31.3 Å². The second kappa shape index (κ2) is 4.29. The highest BCUT2D eigenvalue weighted by Gasteiger charge is 2.07. The number of hydrogen-bond acceptors (Lipinski definition) is 2. The summed E-state index contributed by atoms with van der Waals surface area (Å²) >= 11 is 0. The number of aliphatic hydroxyl groups excluding tert-OH is 2. The third kappa shape index (κ3) is 2.09. The molecule has 0 heterocycles. The van der Waals surface area contributed by atoms with E-state index < -0.39 is 0 Å². The van der Waals surface area contributed by atoms with Gasteiger partial charge in [-0.05, 0) is 5.56 Å². The highest BCUT2D eigenvalue weighted by atomic mass is 16.3. The topological polar surface area (TPSA) is 40.5 Å². The van der Waals surface area contributed by atoms with Crippen molar-refractivity contribution in [1.82, 2.24) is 0 Å². The third-order valence-corrected chi connectivity index (χ3v) is 1.99. The van der Waals surface area contributed by atoms with Crippen molar-refractivity contribution in [1.29, 1.82) is 0 Å². The average molecular weight is 164 g/mol. The van der Waals surface area contributed by atoms with Crippen molar-refractivity contribution >= 4 is 13.3 Å². The first-order valence-electron chi connectivity index (χ1n) is 4.06. The molecule has 0 bridgehead atoms. The van der Waals surface area contributed by atoms with Crippen LogP contribution in [0.2, 0.25) is 0 Å². The van der Waals surface area contributed by atoms with E-state index in [9.17, 15) is 0 Å². The lowest BCUT2D eigenvalue weighted by atomic mass is 9.92. The van der Waals surface area contributed by atoms with Crippen molar-refractivity contribution in [3.05, 3.63) is 29.8 Å². The molecular formula is C9H13BO2. The van der Waals surface area contributed by atoms with Crippen LogP contribution in [0.25, 0.3) is 0 Å². The van der Waals surface area contributed by atoms with Crippen LogP contribution in [0.15, 0.2) is 24.3 Å². The molecule has 1 aromatic rings. The first-order chi connectivity index (χ1) is 5.77. The Hall–Kier alpha value is -0.795. The fourth-order valence-corrected chi connectivity index (χ4v) is 1.11. The van der Waals surface area contributed by atoms with E-state index in [2.05, 4.69) is 0 Å². The van der Waals surface area contributed by atoms with Gasteiger partial charge in [-0.3, -0.25) is 0 Å². The summed E-state index contributed by atoms with van der Waals surface area (Å²) in [5, 5.41) is 17.8. The van der Waals surface area contributed by atoms with Gasteiger partial charge in [0.25, 0.3) is 0 Å². The molecule has 3 heteroatoms. The molecule has 1 rings (SSSR count). The van der Waals surface area contributed by atoms with Gasteiger partial charge in [0, 0.05) is 5.92 Å². The van der Waals surface area contributed by atoms with Crippen molar-refractivity contribution in [2.24, 2.45) is 0 Å². The molecule has 2 nitrogen and oxygen atoms in total. The molecule has 0 fully saturated rings. The number of aliphatic hydroxyl groups is 2. The van der Waals surface area contributed by atoms with Gasteiger partial charge in [0.15, 0.2) is 0 Å². The van der Waals surface area contributed by atoms with E-state index in [0.29, 0.717) is 0 Å². The molecule has 0 unspecified atom stereocenters. The number of hydrogen-bond donors (Lipinski definition) is 2. The zero-order valence-corrected chi connectivity index (χ0v) is 7.20. The third-order valence-electron chi connectivity index (χ3n) is 1.99. The van der Waals surface area contributed by atoms with Crippen molar-refractivity contribution in [3.63, 3.8) is 0 Å². The summed E-state index contributed by atoms with van der Waals surface area (Å²) < 4.78 is 0. The molecule has 0 atom stereocenters. The van der Waals surface area contributed by atoms with Gasteiger partial charge in [-0.1, -0.05) is 29.7 Å². The summed E-state index contributed by atoms with van der Waals surface area (Å²) in [6.07, 6.45) is 0. The van der Waals surface area contributed by atoms with Crippen LogP contribution in [0, 0.1) is 0 Å². The molecule has 0 radical (unpaired) electrons. The lowest BCUT2D eigenvalue weighted by Gasteiger charge is -2.10. The molecule has 0 aliphatic heterocycles. The summed E-state index contributed by atoms with van der Waals surface area (Å²) in [6.45, 7) is -0.000871. The van der Waals surface area contributed by atoms with Gasteiger partial charge in [-0.15, -0.1) is 0 Å². The van der Waals surface area contributed by atoms with E-state index >= 15 is 0 Å². The molecule has 0 spiro atoms. The Bertz CT molecular complexity index is 229. The van der Waals surface area contributed by atoms with E-state index in [0.717, 1.165) is 5.56 Å². The van der Waals surface area contributed by atoms with Crippen LogP contribution in [0.5, 0.6) is 0 Å². The predicted octanol–water partition coefficient (Wildman–Crippen LogP) is -0.987. The smallest absolute Gasteiger partial charge is 0.139 e. The zero-order valence-electron chi connectivity index (χ0n) is 7.20. The summed E-state index contributed by atoms with van der Waals surface area (Å²) in [4.78, 5) is 0. The Morgan fingerprint density at radius 3 is 2.00 bits per heavy atom. The van der Waals surface area contributed by atoms with Gasteiger partial charge in [0.05, 0.1) is 13.2 Å². The Morgan fingerprint density at radius 2 is 1.58 bits per heavy atom. The monoisotopic (exact) mass is 164 g/mol. The molecular weight excluding hydrogens is 151 g/mol. The number of rotatable bonds is 3. The van der Waals surface area contributed by atoms with Gasteiger partial charge in [0.1, 0.15) is 7.85 Å². The van der Waals surface area contributed by atoms with E-state index in [4.69, 9.17) is 10.2 Å². The first-order valence-corrected chi connectivity index (χ1v) is 4.06. The minimum Gasteiger partial charge on any atom is -0.396 e. The van der Waals surface area contributed by atoms with Crippen LogP contribution in [0.1, 0.15) is 11.5 Å². The van der Waals surface area contributed by atoms with Crippen LogP contribution >= 0.6 is 0 Å². The van der Waals surface area contributed by atoms with Crippen molar-refractivity contribution in [3.8, 4) is 0 Å². The largest absolute Gasteiger partial charge is 0.396 e. The van der Waals surface area contributed by atoms with Crippen LogP contribution < -0.4 is 5.46 Å². The first kappa shape index (κ1) is 9.29. The van der Waals surface area contributed by atoms with Gasteiger partial charge < -0.3 is 10.2 Å². The molecule has 1 aromatic carbocycles. The summed E-state index contributed by atoms with van der Waals surface area (Å²) in [5.74, 6) is -0.134. The van der Waals surface area contributed by atoms with Gasteiger partial charge in [0.2, 0.25) is 0 Å². The quantitative estimate of drug-likeness (QED) is 0.563. The minimum atomic E-state index is -0.134. The molecule has 0 aliphatic rings. The van der Waals surface area contributed by atoms with Crippen molar-refractivity contribution in [2.45, 2.75) is 5.92 Å². The molecule has 64 valence electrons. The Morgan fingerprint density at radius 1 is 1.08 bits per heavy atom. The van der Waals surface area contributed by atoms with E-state index in [1.807, 2.05) is 32.1 Å². The minimum absolute atomic E-state index is 0.000436. The standard InChI is InChI=1S/C9H13BO2/c10-9-3-1-7(2-4-9)8(5-11)6-12/h1-4,8,11-12H,5-6,10H2. The second-order valence-electron chi connectivity index (χ2n) is 2.97. The lowest BCUT2D eigenvalue weighted by molar-refractivity contribution is 0.192. The fourth-order valence-electron chi connectivity index (χ4n) is 1.11. The molecule has 0 aliphatic carbocycles. The highest BCUT2D eigenvalue weighted by molar-refractivity contribution is 6.32. The van der Waals surface area contributed by atoms with Crippen LogP contribution in [-0.2, 0) is 0 Å². The maximum Gasteiger partial charge on any atom is 0.139 e. The van der Waals surface area contributed by atoms with Crippen molar-refractivity contribution in [2.75, 3.05) is 13.2 Å². The molecule has 0 saturated heterocycles. The second-order valence-corrected chi connectivity index (χ2v) is 2.97. The lowest BCUT2D eigenvalue weighted by Crippen LogP contribution is -2.10. The maximum absolute atomic E-state index is 8.89. The van der Waals surface area contributed by atoms with Gasteiger partial charge in [-0.2, -0.15) is 0 Å². The van der Waals surface area contributed by atoms with Gasteiger partial charge >= 0.3 is 0 Å². The molecule has 0 aromatic heterocycles. The van der Waals surface area contributed by atoms with Crippen LogP contribution in [0.4, 0.5) is 0 Å². The van der Waals surface area contributed by atoms with E-state index in [1.165, 1.54) is 5.46 Å². The normalized spacial score (nSPS) is 10.6. The Labute approximate surface area is 73.3 Å². The summed E-state index contributed by atoms with van der Waals surface area (Å²) in [5.41, 5.74) is 2.18. The maximum atomic E-state index is 8.89. The van der Waals surface area contributed by atoms with Gasteiger partial charge in [-0.25, -0.2) is 0 Å². The SMILES string of the molecule is Bc1ccc(C(CO)CO)cc1. The average Bonchev–Trinajstić information content (AvgIpc) is 2.10. The van der Waals surface area contributed by atoms with Crippen molar-refractivity contribution < 1.29 is 10.2 Å². The molecule has 0 amide bonds. The molecule has 2 N–H and O–H groups in total. The fraction of sp³-hybridized carbons (Fsp3) is 0.333. The number of benzene rings is 1. The van der Waals surface area contributed by atoms with E-state index in [1.54, 1.807) is 0 Å². The summed E-state index contributed by atoms with van der Waals surface area (Å²) in [7, 11) is 2.01. The van der Waals surface area contributed by atoms with Crippen LogP contribution in [0.3, 0.4) is 0 Å². The molecule has 0 saturated carbocycles. The highest BCUT2D eigenvalue weighted by Crippen LogP contribution is 2.12. The summed E-state index contributed by atoms with van der Waals surface area (Å²) in [6, 6.07) is 7.83. The Balaban J connectivity index is 2.80. The molecule has 12 heavy (non-hydrogen) atoms. The predicted molar refractivity (Wildman–Crippen MR) is 51.5 cm³/mol.